The number of benzene rings is 1. The van der Waals surface area contributed by atoms with Crippen LogP contribution in [0, 0.1) is 0 Å². The standard InChI is InChI=1S/C13H13BrClNS/c1-9(10-2-4-11(15)5-3-10)16-8-12-6-7-13(14)17-12/h2-7,9,16H,8H2,1H3. The Bertz CT molecular complexity index is 480. The second kappa shape index (κ2) is 6.01. The van der Waals surface area contributed by atoms with Crippen molar-refractivity contribution in [2.24, 2.45) is 0 Å². The summed E-state index contributed by atoms with van der Waals surface area (Å²) in [5.41, 5.74) is 1.25. The van der Waals surface area contributed by atoms with E-state index in [0.717, 1.165) is 11.6 Å². The molecular weight excluding hydrogens is 318 g/mol. The van der Waals surface area contributed by atoms with Crippen LogP contribution in [0.2, 0.25) is 5.02 Å². The highest BCUT2D eigenvalue weighted by atomic mass is 79.9. The summed E-state index contributed by atoms with van der Waals surface area (Å²) in [5.74, 6) is 0. The molecule has 4 heteroatoms. The first kappa shape index (κ1) is 13.1. The Labute approximate surface area is 119 Å². The van der Waals surface area contributed by atoms with Crippen molar-refractivity contribution in [2.75, 3.05) is 0 Å². The number of nitrogens with one attached hydrogen (secondary N) is 1. The molecular formula is C13H13BrClNS. The molecule has 1 aromatic heterocycles. The average Bonchev–Trinajstić information content (AvgIpc) is 2.73. The molecule has 0 radical (unpaired) electrons. The van der Waals surface area contributed by atoms with Crippen molar-refractivity contribution in [2.45, 2.75) is 19.5 Å². The molecule has 1 aromatic carbocycles. The van der Waals surface area contributed by atoms with E-state index < -0.39 is 0 Å². The molecule has 0 spiro atoms. The van der Waals surface area contributed by atoms with Crippen molar-refractivity contribution in [3.8, 4) is 0 Å². The SMILES string of the molecule is CC(NCc1ccc(Br)s1)c1ccc(Cl)cc1. The zero-order valence-corrected chi connectivity index (χ0v) is 12.6. The van der Waals surface area contributed by atoms with Gasteiger partial charge in [0.2, 0.25) is 0 Å². The summed E-state index contributed by atoms with van der Waals surface area (Å²) in [6.45, 7) is 3.05. The van der Waals surface area contributed by atoms with Gasteiger partial charge in [-0.1, -0.05) is 23.7 Å². The maximum atomic E-state index is 5.87. The molecule has 0 fully saturated rings. The van der Waals surface area contributed by atoms with Crippen LogP contribution in [0.5, 0.6) is 0 Å². The van der Waals surface area contributed by atoms with E-state index in [0.29, 0.717) is 6.04 Å². The highest BCUT2D eigenvalue weighted by molar-refractivity contribution is 9.11. The number of hydrogen-bond acceptors (Lipinski definition) is 2. The molecule has 0 aliphatic carbocycles. The van der Waals surface area contributed by atoms with Gasteiger partial charge in [-0.15, -0.1) is 11.3 Å². The third-order valence-electron chi connectivity index (χ3n) is 2.58. The molecule has 2 aromatic rings. The Morgan fingerprint density at radius 2 is 1.94 bits per heavy atom. The summed E-state index contributed by atoms with van der Waals surface area (Å²) < 4.78 is 1.17. The van der Waals surface area contributed by atoms with Gasteiger partial charge in [-0.05, 0) is 52.7 Å². The minimum absolute atomic E-state index is 0.327. The minimum Gasteiger partial charge on any atom is -0.305 e. The van der Waals surface area contributed by atoms with E-state index in [9.17, 15) is 0 Å². The van der Waals surface area contributed by atoms with E-state index in [1.807, 2.05) is 12.1 Å². The van der Waals surface area contributed by atoms with Crippen molar-refractivity contribution in [1.82, 2.24) is 5.32 Å². The number of hydrogen-bond donors (Lipinski definition) is 1. The zero-order chi connectivity index (χ0) is 12.3. The highest BCUT2D eigenvalue weighted by Gasteiger charge is 2.05. The van der Waals surface area contributed by atoms with Crippen LogP contribution in [0.3, 0.4) is 0 Å². The van der Waals surface area contributed by atoms with Gasteiger partial charge in [0.15, 0.2) is 0 Å². The Balaban J connectivity index is 1.93. The van der Waals surface area contributed by atoms with Crippen molar-refractivity contribution in [1.29, 1.82) is 0 Å². The first-order chi connectivity index (χ1) is 8.15. The van der Waals surface area contributed by atoms with Gasteiger partial charge < -0.3 is 5.32 Å². The van der Waals surface area contributed by atoms with Gasteiger partial charge >= 0.3 is 0 Å². The van der Waals surface area contributed by atoms with Gasteiger partial charge in [-0.25, -0.2) is 0 Å². The smallest absolute Gasteiger partial charge is 0.0701 e. The molecule has 90 valence electrons. The third kappa shape index (κ3) is 3.81. The topological polar surface area (TPSA) is 12.0 Å². The van der Waals surface area contributed by atoms with Crippen molar-refractivity contribution >= 4 is 38.9 Å². The van der Waals surface area contributed by atoms with Crippen molar-refractivity contribution in [3.63, 3.8) is 0 Å². The lowest BCUT2D eigenvalue weighted by atomic mass is 10.1. The molecule has 17 heavy (non-hydrogen) atoms. The largest absolute Gasteiger partial charge is 0.305 e. The minimum atomic E-state index is 0.327. The van der Waals surface area contributed by atoms with E-state index in [4.69, 9.17) is 11.6 Å². The maximum absolute atomic E-state index is 5.87. The number of halogens is 2. The van der Waals surface area contributed by atoms with E-state index in [2.05, 4.69) is 52.4 Å². The zero-order valence-electron chi connectivity index (χ0n) is 9.41. The summed E-state index contributed by atoms with van der Waals surface area (Å²) in [6, 6.07) is 12.5. The molecule has 1 N–H and O–H groups in total. The van der Waals surface area contributed by atoms with Crippen LogP contribution < -0.4 is 5.32 Å². The molecule has 0 aliphatic rings. The van der Waals surface area contributed by atoms with Crippen LogP contribution in [0.1, 0.15) is 23.4 Å². The molecule has 0 saturated carbocycles. The Morgan fingerprint density at radius 3 is 2.53 bits per heavy atom. The summed E-state index contributed by atoms with van der Waals surface area (Å²) in [7, 11) is 0. The van der Waals surface area contributed by atoms with Crippen LogP contribution in [0.25, 0.3) is 0 Å². The summed E-state index contributed by atoms with van der Waals surface area (Å²) in [4.78, 5) is 1.33. The van der Waals surface area contributed by atoms with Crippen molar-refractivity contribution in [3.05, 3.63) is 55.6 Å². The lowest BCUT2D eigenvalue weighted by molar-refractivity contribution is 0.579. The summed E-state index contributed by atoms with van der Waals surface area (Å²) in [5, 5.41) is 4.28. The first-order valence-electron chi connectivity index (χ1n) is 5.38. The summed E-state index contributed by atoms with van der Waals surface area (Å²) >= 11 is 11.1. The Kier molecular flexibility index (Phi) is 4.62. The molecule has 1 heterocycles. The monoisotopic (exact) mass is 329 g/mol. The Morgan fingerprint density at radius 1 is 1.24 bits per heavy atom. The molecule has 1 atom stereocenters. The van der Waals surface area contributed by atoms with Crippen LogP contribution in [-0.4, -0.2) is 0 Å². The molecule has 0 aliphatic heterocycles. The van der Waals surface area contributed by atoms with Gasteiger partial charge in [0.25, 0.3) is 0 Å². The van der Waals surface area contributed by atoms with Crippen LogP contribution >= 0.6 is 38.9 Å². The molecule has 0 amide bonds. The van der Waals surface area contributed by atoms with E-state index in [1.165, 1.54) is 14.2 Å². The highest BCUT2D eigenvalue weighted by Crippen LogP contribution is 2.23. The first-order valence-corrected chi connectivity index (χ1v) is 7.37. The average molecular weight is 331 g/mol. The normalized spacial score (nSPS) is 12.6. The molecule has 0 saturated heterocycles. The fourth-order valence-electron chi connectivity index (χ4n) is 1.57. The quantitative estimate of drug-likeness (QED) is 0.830. The fraction of sp³-hybridized carbons (Fsp3) is 0.231. The lowest BCUT2D eigenvalue weighted by Gasteiger charge is -2.13. The Hall–Kier alpha value is -0.350. The molecule has 0 bridgehead atoms. The predicted molar refractivity (Wildman–Crippen MR) is 78.7 cm³/mol. The van der Waals surface area contributed by atoms with E-state index in [-0.39, 0.29) is 0 Å². The van der Waals surface area contributed by atoms with Gasteiger partial charge in [-0.3, -0.25) is 0 Å². The van der Waals surface area contributed by atoms with Gasteiger partial charge in [0, 0.05) is 22.5 Å². The van der Waals surface area contributed by atoms with E-state index >= 15 is 0 Å². The molecule has 1 unspecified atom stereocenters. The number of rotatable bonds is 4. The van der Waals surface area contributed by atoms with Crippen LogP contribution in [-0.2, 0) is 6.54 Å². The summed E-state index contributed by atoms with van der Waals surface area (Å²) in [6.07, 6.45) is 0. The number of thiophene rings is 1. The second-order valence-electron chi connectivity index (χ2n) is 3.86. The predicted octanol–water partition coefficient (Wildman–Crippen LogP) is 5.01. The lowest BCUT2D eigenvalue weighted by Crippen LogP contribution is -2.17. The molecule has 1 nitrogen and oxygen atoms in total. The maximum Gasteiger partial charge on any atom is 0.0701 e. The third-order valence-corrected chi connectivity index (χ3v) is 4.46. The van der Waals surface area contributed by atoms with Gasteiger partial charge in [0.05, 0.1) is 3.79 Å². The molecule has 2 rings (SSSR count). The van der Waals surface area contributed by atoms with Gasteiger partial charge in [0.1, 0.15) is 0 Å². The van der Waals surface area contributed by atoms with Crippen molar-refractivity contribution < 1.29 is 0 Å². The van der Waals surface area contributed by atoms with Gasteiger partial charge in [-0.2, -0.15) is 0 Å². The van der Waals surface area contributed by atoms with Crippen LogP contribution in [0.4, 0.5) is 0 Å². The fourth-order valence-corrected chi connectivity index (χ4v) is 3.13. The van der Waals surface area contributed by atoms with Crippen LogP contribution in [0.15, 0.2) is 40.2 Å². The second-order valence-corrected chi connectivity index (χ2v) is 6.84. The van der Waals surface area contributed by atoms with E-state index in [1.54, 1.807) is 11.3 Å².